The molecule has 6 heteroatoms. The van der Waals surface area contributed by atoms with Gasteiger partial charge in [-0.2, -0.15) is 0 Å². The van der Waals surface area contributed by atoms with Gasteiger partial charge in [0.1, 0.15) is 12.4 Å². The third-order valence-electron chi connectivity index (χ3n) is 5.19. The number of benzene rings is 1. The molecule has 0 saturated heterocycles. The minimum atomic E-state index is 0.513. The number of fused-ring (bicyclic) bond motifs is 1. The first kappa shape index (κ1) is 16.5. The van der Waals surface area contributed by atoms with Crippen LogP contribution in [0.2, 0.25) is 0 Å². The molecule has 1 fully saturated rings. The van der Waals surface area contributed by atoms with E-state index in [4.69, 9.17) is 10.5 Å². The molecular weight excluding hydrogens is 355 g/mol. The van der Waals surface area contributed by atoms with Crippen LogP contribution in [0.5, 0.6) is 5.75 Å². The lowest BCUT2D eigenvalue weighted by Gasteiger charge is -2.31. The van der Waals surface area contributed by atoms with Crippen LogP contribution in [0.25, 0.3) is 11.3 Å². The van der Waals surface area contributed by atoms with Crippen molar-refractivity contribution in [2.75, 3.05) is 23.8 Å². The zero-order chi connectivity index (χ0) is 18.4. The van der Waals surface area contributed by atoms with Gasteiger partial charge in [-0.05, 0) is 47.8 Å². The average molecular weight is 376 g/mol. The molecule has 3 heterocycles. The Morgan fingerprint density at radius 3 is 2.81 bits per heavy atom. The fourth-order valence-electron chi connectivity index (χ4n) is 3.61. The van der Waals surface area contributed by atoms with E-state index in [-0.39, 0.29) is 0 Å². The lowest BCUT2D eigenvalue weighted by Crippen LogP contribution is -2.28. The molecule has 1 unspecified atom stereocenters. The van der Waals surface area contributed by atoms with E-state index in [2.05, 4.69) is 48.4 Å². The van der Waals surface area contributed by atoms with E-state index in [1.54, 1.807) is 6.20 Å². The molecule has 27 heavy (non-hydrogen) atoms. The van der Waals surface area contributed by atoms with Crippen LogP contribution in [0.15, 0.2) is 48.8 Å². The molecule has 1 aromatic carbocycles. The number of rotatable bonds is 3. The van der Waals surface area contributed by atoms with Gasteiger partial charge in [-0.3, -0.25) is 4.98 Å². The van der Waals surface area contributed by atoms with Crippen LogP contribution in [-0.4, -0.2) is 23.1 Å². The predicted molar refractivity (Wildman–Crippen MR) is 112 cm³/mol. The van der Waals surface area contributed by atoms with Gasteiger partial charge in [-0.1, -0.05) is 12.1 Å². The molecule has 1 saturated carbocycles. The van der Waals surface area contributed by atoms with E-state index in [0.717, 1.165) is 40.2 Å². The highest BCUT2D eigenvalue weighted by molar-refractivity contribution is 7.28. The van der Waals surface area contributed by atoms with Crippen LogP contribution in [-0.2, 0) is 0 Å². The van der Waals surface area contributed by atoms with Crippen molar-refractivity contribution in [1.29, 1.82) is 0 Å². The van der Waals surface area contributed by atoms with E-state index < -0.39 is 0 Å². The zero-order valence-corrected chi connectivity index (χ0v) is 16.1. The molecule has 136 valence electrons. The van der Waals surface area contributed by atoms with Crippen molar-refractivity contribution in [2.45, 2.75) is 18.8 Å². The minimum Gasteiger partial charge on any atom is -0.488 e. The molecule has 2 aromatic heterocycles. The summed E-state index contributed by atoms with van der Waals surface area (Å²) in [5.74, 6) is 2.02. The summed E-state index contributed by atoms with van der Waals surface area (Å²) in [6.45, 7) is 1.37. The van der Waals surface area contributed by atoms with Gasteiger partial charge in [0.05, 0.1) is 24.1 Å². The van der Waals surface area contributed by atoms with E-state index in [1.807, 2.05) is 18.3 Å². The van der Waals surface area contributed by atoms with E-state index >= 15 is 0 Å². The van der Waals surface area contributed by atoms with Crippen molar-refractivity contribution in [2.24, 2.45) is 0 Å². The van der Waals surface area contributed by atoms with Gasteiger partial charge in [0.25, 0.3) is 0 Å². The van der Waals surface area contributed by atoms with E-state index in [0.29, 0.717) is 18.3 Å². The second-order valence-corrected chi connectivity index (χ2v) is 7.72. The highest BCUT2D eigenvalue weighted by Gasteiger charge is 2.25. The minimum absolute atomic E-state index is 0.513. The Hall–Kier alpha value is -2.65. The maximum atomic E-state index is 5.89. The molecule has 5 rings (SSSR count). The number of nitrogen functional groups attached to an aromatic ring is 1. The van der Waals surface area contributed by atoms with Gasteiger partial charge in [-0.25, -0.2) is 4.98 Å². The second kappa shape index (κ2) is 6.50. The first-order valence-electron chi connectivity index (χ1n) is 9.21. The number of anilines is 3. The van der Waals surface area contributed by atoms with Crippen molar-refractivity contribution in [3.05, 3.63) is 54.4 Å². The van der Waals surface area contributed by atoms with Gasteiger partial charge >= 0.3 is 0 Å². The summed E-state index contributed by atoms with van der Waals surface area (Å²) in [7, 11) is 2.83. The molecule has 0 amide bonds. The Morgan fingerprint density at radius 2 is 2.00 bits per heavy atom. The molecule has 2 N–H and O–H groups in total. The maximum Gasteiger partial charge on any atom is 0.161 e. The Labute approximate surface area is 160 Å². The number of hydrogen-bond acceptors (Lipinski definition) is 5. The van der Waals surface area contributed by atoms with E-state index in [9.17, 15) is 0 Å². The highest BCUT2D eigenvalue weighted by Crippen LogP contribution is 2.42. The SMILES string of the molecule is Nc1cc(N2CCOc3cnc(-c4cc(C5CC5)ccc4P)cc32)ccn1. The normalized spacial score (nSPS) is 16.0. The third-order valence-corrected chi connectivity index (χ3v) is 5.69. The first-order valence-corrected chi connectivity index (χ1v) is 9.78. The summed E-state index contributed by atoms with van der Waals surface area (Å²) in [4.78, 5) is 11.0. The summed E-state index contributed by atoms with van der Waals surface area (Å²) in [6, 6.07) is 12.7. The standard InChI is InChI=1S/C21H21N4OP/c22-21-10-15(5-6-23-21)25-7-8-26-19-12-24-17(11-18(19)25)16-9-14(13-1-2-13)3-4-20(16)27/h3-6,9-13H,1-2,7-8,27H2,(H2,22,23). The second-order valence-electron chi connectivity index (χ2n) is 7.10. The summed E-state index contributed by atoms with van der Waals surface area (Å²) >= 11 is 0. The van der Waals surface area contributed by atoms with Crippen LogP contribution in [0.3, 0.4) is 0 Å². The number of pyridine rings is 2. The number of nitrogens with two attached hydrogens (primary N) is 1. The van der Waals surface area contributed by atoms with Crippen molar-refractivity contribution in [3.63, 3.8) is 0 Å². The van der Waals surface area contributed by atoms with Crippen molar-refractivity contribution < 1.29 is 4.74 Å². The zero-order valence-electron chi connectivity index (χ0n) is 14.9. The highest BCUT2D eigenvalue weighted by atomic mass is 31.0. The molecule has 1 atom stereocenters. The van der Waals surface area contributed by atoms with Crippen molar-refractivity contribution >= 4 is 31.7 Å². The molecular formula is C21H21N4OP. The van der Waals surface area contributed by atoms with Crippen LogP contribution in [0.4, 0.5) is 17.2 Å². The van der Waals surface area contributed by atoms with Gasteiger partial charge in [0, 0.05) is 23.5 Å². The third kappa shape index (κ3) is 3.13. The molecule has 2 aliphatic rings. The lowest BCUT2D eigenvalue weighted by molar-refractivity contribution is 0.313. The predicted octanol–water partition coefficient (Wildman–Crippen LogP) is 3.63. The van der Waals surface area contributed by atoms with Crippen LogP contribution in [0, 0.1) is 0 Å². The molecule has 0 radical (unpaired) electrons. The molecule has 0 bridgehead atoms. The molecule has 1 aliphatic heterocycles. The molecule has 5 nitrogen and oxygen atoms in total. The average Bonchev–Trinajstić information content (AvgIpc) is 3.53. The Kier molecular flexibility index (Phi) is 3.98. The maximum absolute atomic E-state index is 5.89. The van der Waals surface area contributed by atoms with Gasteiger partial charge in [-0.15, -0.1) is 9.24 Å². The molecule has 1 aliphatic carbocycles. The van der Waals surface area contributed by atoms with Crippen LogP contribution >= 0.6 is 9.24 Å². The number of aromatic nitrogens is 2. The van der Waals surface area contributed by atoms with Crippen molar-refractivity contribution in [3.8, 4) is 17.0 Å². The smallest absolute Gasteiger partial charge is 0.161 e. The largest absolute Gasteiger partial charge is 0.488 e. The number of hydrogen-bond donors (Lipinski definition) is 1. The summed E-state index contributed by atoms with van der Waals surface area (Å²) in [6.07, 6.45) is 6.15. The monoisotopic (exact) mass is 376 g/mol. The Balaban J connectivity index is 1.59. The topological polar surface area (TPSA) is 64.3 Å². The molecule has 0 spiro atoms. The summed E-state index contributed by atoms with van der Waals surface area (Å²) < 4.78 is 5.84. The van der Waals surface area contributed by atoms with Gasteiger partial charge in [0.2, 0.25) is 0 Å². The van der Waals surface area contributed by atoms with Crippen LogP contribution < -0.4 is 20.7 Å². The fourth-order valence-corrected chi connectivity index (χ4v) is 3.94. The lowest BCUT2D eigenvalue weighted by atomic mass is 10.0. The van der Waals surface area contributed by atoms with Gasteiger partial charge < -0.3 is 15.4 Å². The fraction of sp³-hybridized carbons (Fsp3) is 0.238. The number of ether oxygens (including phenoxy) is 1. The Bertz CT molecular complexity index is 1020. The number of nitrogens with zero attached hydrogens (tertiary/aromatic N) is 3. The Morgan fingerprint density at radius 1 is 1.11 bits per heavy atom. The summed E-state index contributed by atoms with van der Waals surface area (Å²) in [5.41, 5.74) is 11.4. The first-order chi connectivity index (χ1) is 13.2. The van der Waals surface area contributed by atoms with Gasteiger partial charge in [0.15, 0.2) is 5.75 Å². The van der Waals surface area contributed by atoms with Crippen LogP contribution in [0.1, 0.15) is 24.3 Å². The summed E-state index contributed by atoms with van der Waals surface area (Å²) in [5, 5.41) is 1.16. The van der Waals surface area contributed by atoms with Crippen molar-refractivity contribution in [1.82, 2.24) is 9.97 Å². The molecule has 3 aromatic rings. The quantitative estimate of drug-likeness (QED) is 0.707. The van der Waals surface area contributed by atoms with E-state index in [1.165, 1.54) is 18.4 Å².